The molecular formula is C14H17NO6. The molecule has 0 aromatic heterocycles. The van der Waals surface area contributed by atoms with Crippen LogP contribution in [0.25, 0.3) is 0 Å². The van der Waals surface area contributed by atoms with Crippen molar-refractivity contribution in [2.75, 3.05) is 0 Å². The Morgan fingerprint density at radius 2 is 1.86 bits per heavy atom. The van der Waals surface area contributed by atoms with E-state index in [0.29, 0.717) is 0 Å². The number of carboxylic acid groups (broad SMARTS) is 1. The molecule has 21 heavy (non-hydrogen) atoms. The first-order chi connectivity index (χ1) is 9.99. The van der Waals surface area contributed by atoms with Crippen molar-refractivity contribution in [3.8, 4) is 0 Å². The zero-order valence-corrected chi connectivity index (χ0v) is 11.2. The fraction of sp³-hybridized carbons (Fsp3) is 0.429. The SMILES string of the molecule is O=C(N[C@H]1C[C@@H](C(=O)O)[C@H](O)[C@@H]1O)OCc1ccccc1. The van der Waals surface area contributed by atoms with E-state index in [9.17, 15) is 19.8 Å². The standard InChI is InChI=1S/C14H17NO6/c16-11-9(13(18)19)6-10(12(11)17)15-14(20)21-7-8-4-2-1-3-5-8/h1-5,9-12,16-17H,6-7H2,(H,15,20)(H,18,19)/t9-,10+,11+,12-/m1/s1. The third-order valence-electron chi connectivity index (χ3n) is 3.52. The molecule has 0 heterocycles. The molecule has 4 N–H and O–H groups in total. The minimum absolute atomic E-state index is 0.0435. The molecule has 0 aliphatic heterocycles. The number of aliphatic hydroxyl groups is 2. The number of aliphatic hydroxyl groups excluding tert-OH is 2. The Bertz CT molecular complexity index is 505. The van der Waals surface area contributed by atoms with Gasteiger partial charge in [-0.3, -0.25) is 4.79 Å². The molecule has 0 radical (unpaired) electrons. The number of hydrogen-bond acceptors (Lipinski definition) is 5. The number of rotatable bonds is 4. The summed E-state index contributed by atoms with van der Waals surface area (Å²) in [6.45, 7) is 0.0698. The molecule has 0 saturated heterocycles. The predicted octanol–water partition coefficient (Wildman–Crippen LogP) is 0.108. The van der Waals surface area contributed by atoms with E-state index >= 15 is 0 Å². The first kappa shape index (κ1) is 15.3. The second-order valence-corrected chi connectivity index (χ2v) is 4.97. The summed E-state index contributed by atoms with van der Waals surface area (Å²) in [5.41, 5.74) is 0.808. The van der Waals surface area contributed by atoms with Crippen LogP contribution >= 0.6 is 0 Å². The molecule has 114 valence electrons. The number of carboxylic acids is 1. The number of hydrogen-bond donors (Lipinski definition) is 4. The van der Waals surface area contributed by atoms with Gasteiger partial charge >= 0.3 is 12.1 Å². The van der Waals surface area contributed by atoms with E-state index < -0.39 is 36.2 Å². The van der Waals surface area contributed by atoms with Gasteiger partial charge in [-0.15, -0.1) is 0 Å². The monoisotopic (exact) mass is 295 g/mol. The number of nitrogens with one attached hydrogen (secondary N) is 1. The molecule has 2 rings (SSSR count). The van der Waals surface area contributed by atoms with E-state index in [1.165, 1.54) is 0 Å². The van der Waals surface area contributed by atoms with Crippen LogP contribution < -0.4 is 5.32 Å². The van der Waals surface area contributed by atoms with Gasteiger partial charge in [0.15, 0.2) is 0 Å². The lowest BCUT2D eigenvalue weighted by Crippen LogP contribution is -2.43. The number of carbonyl (C=O) groups excluding carboxylic acids is 1. The van der Waals surface area contributed by atoms with E-state index in [2.05, 4.69) is 5.32 Å². The molecule has 1 aliphatic carbocycles. The first-order valence-electron chi connectivity index (χ1n) is 6.55. The summed E-state index contributed by atoms with van der Waals surface area (Å²) >= 11 is 0. The summed E-state index contributed by atoms with van der Waals surface area (Å²) in [6, 6.07) is 8.20. The van der Waals surface area contributed by atoms with Crippen molar-refractivity contribution in [3.63, 3.8) is 0 Å². The summed E-state index contributed by atoms with van der Waals surface area (Å²) in [5.74, 6) is -2.30. The molecule has 1 aromatic rings. The fourth-order valence-corrected chi connectivity index (χ4v) is 2.34. The maximum Gasteiger partial charge on any atom is 0.407 e. The van der Waals surface area contributed by atoms with E-state index in [1.807, 2.05) is 18.2 Å². The van der Waals surface area contributed by atoms with E-state index in [1.54, 1.807) is 12.1 Å². The van der Waals surface area contributed by atoms with Gasteiger partial charge in [0.05, 0.1) is 18.1 Å². The Labute approximate surface area is 121 Å². The highest BCUT2D eigenvalue weighted by atomic mass is 16.5. The van der Waals surface area contributed by atoms with Crippen molar-refractivity contribution in [2.45, 2.75) is 31.3 Å². The third-order valence-corrected chi connectivity index (χ3v) is 3.52. The van der Waals surface area contributed by atoms with Crippen LogP contribution in [0.15, 0.2) is 30.3 Å². The van der Waals surface area contributed by atoms with Crippen molar-refractivity contribution >= 4 is 12.1 Å². The number of carbonyl (C=O) groups is 2. The largest absolute Gasteiger partial charge is 0.481 e. The van der Waals surface area contributed by atoms with Crippen molar-refractivity contribution in [2.24, 2.45) is 5.92 Å². The van der Waals surface area contributed by atoms with Gasteiger partial charge in [-0.1, -0.05) is 30.3 Å². The highest BCUT2D eigenvalue weighted by molar-refractivity contribution is 5.72. The van der Waals surface area contributed by atoms with Crippen molar-refractivity contribution < 1.29 is 29.6 Å². The van der Waals surface area contributed by atoms with E-state index in [0.717, 1.165) is 5.56 Å². The highest BCUT2D eigenvalue weighted by Crippen LogP contribution is 2.27. The number of benzene rings is 1. The van der Waals surface area contributed by atoms with Crippen LogP contribution in [0.4, 0.5) is 4.79 Å². The Balaban J connectivity index is 1.84. The van der Waals surface area contributed by atoms with Crippen molar-refractivity contribution in [1.82, 2.24) is 5.32 Å². The first-order valence-corrected chi connectivity index (χ1v) is 6.55. The minimum Gasteiger partial charge on any atom is -0.481 e. The van der Waals surface area contributed by atoms with Gasteiger partial charge in [0.2, 0.25) is 0 Å². The summed E-state index contributed by atoms with van der Waals surface area (Å²) in [5, 5.41) is 30.6. The Kier molecular flexibility index (Phi) is 4.77. The van der Waals surface area contributed by atoms with Gasteiger partial charge < -0.3 is 25.4 Å². The molecule has 0 spiro atoms. The molecule has 0 bridgehead atoms. The molecule has 4 atom stereocenters. The van der Waals surface area contributed by atoms with Crippen LogP contribution in [-0.4, -0.2) is 45.6 Å². The topological polar surface area (TPSA) is 116 Å². The summed E-state index contributed by atoms with van der Waals surface area (Å²) in [4.78, 5) is 22.5. The average molecular weight is 295 g/mol. The van der Waals surface area contributed by atoms with Gasteiger partial charge in [-0.05, 0) is 12.0 Å². The Morgan fingerprint density at radius 3 is 2.43 bits per heavy atom. The van der Waals surface area contributed by atoms with Crippen LogP contribution in [0.2, 0.25) is 0 Å². The van der Waals surface area contributed by atoms with Crippen molar-refractivity contribution in [3.05, 3.63) is 35.9 Å². The van der Waals surface area contributed by atoms with Crippen LogP contribution in [-0.2, 0) is 16.1 Å². The second kappa shape index (κ2) is 6.55. The lowest BCUT2D eigenvalue weighted by Gasteiger charge is -2.17. The predicted molar refractivity (Wildman–Crippen MR) is 71.3 cm³/mol. The quantitative estimate of drug-likeness (QED) is 0.626. The molecular weight excluding hydrogens is 278 g/mol. The summed E-state index contributed by atoms with van der Waals surface area (Å²) < 4.78 is 4.98. The number of alkyl carbamates (subject to hydrolysis) is 1. The van der Waals surface area contributed by atoms with Gasteiger partial charge in [0.1, 0.15) is 12.7 Å². The van der Waals surface area contributed by atoms with Gasteiger partial charge in [-0.25, -0.2) is 4.79 Å². The smallest absolute Gasteiger partial charge is 0.407 e. The number of ether oxygens (including phenoxy) is 1. The average Bonchev–Trinajstić information content (AvgIpc) is 2.75. The van der Waals surface area contributed by atoms with E-state index in [-0.39, 0.29) is 13.0 Å². The van der Waals surface area contributed by atoms with Crippen LogP contribution in [0.3, 0.4) is 0 Å². The molecule has 1 fully saturated rings. The second-order valence-electron chi connectivity index (χ2n) is 4.97. The maximum atomic E-state index is 11.6. The normalized spacial score (nSPS) is 28.1. The maximum absolute atomic E-state index is 11.6. The molecule has 1 aromatic carbocycles. The fourth-order valence-electron chi connectivity index (χ4n) is 2.34. The van der Waals surface area contributed by atoms with Gasteiger partial charge in [-0.2, -0.15) is 0 Å². The summed E-state index contributed by atoms with van der Waals surface area (Å²) in [7, 11) is 0. The lowest BCUT2D eigenvalue weighted by molar-refractivity contribution is -0.145. The Hall–Kier alpha value is -2.12. The number of aliphatic carboxylic acids is 1. The van der Waals surface area contributed by atoms with E-state index in [4.69, 9.17) is 9.84 Å². The molecule has 0 unspecified atom stereocenters. The Morgan fingerprint density at radius 1 is 1.19 bits per heavy atom. The molecule has 1 saturated carbocycles. The van der Waals surface area contributed by atoms with Crippen molar-refractivity contribution in [1.29, 1.82) is 0 Å². The zero-order valence-electron chi connectivity index (χ0n) is 11.2. The minimum atomic E-state index is -1.40. The highest BCUT2D eigenvalue weighted by Gasteiger charge is 2.45. The molecule has 1 amide bonds. The van der Waals surface area contributed by atoms with Crippen LogP contribution in [0.5, 0.6) is 0 Å². The number of amides is 1. The van der Waals surface area contributed by atoms with Gasteiger partial charge in [0, 0.05) is 0 Å². The summed E-state index contributed by atoms with van der Waals surface area (Å²) in [6.07, 6.45) is -3.53. The third kappa shape index (κ3) is 3.71. The van der Waals surface area contributed by atoms with Gasteiger partial charge in [0.25, 0.3) is 0 Å². The molecule has 7 nitrogen and oxygen atoms in total. The van der Waals surface area contributed by atoms with Crippen LogP contribution in [0, 0.1) is 5.92 Å². The zero-order chi connectivity index (χ0) is 15.4. The lowest BCUT2D eigenvalue weighted by atomic mass is 10.1. The molecule has 1 aliphatic rings. The molecule has 7 heteroatoms. The van der Waals surface area contributed by atoms with Crippen LogP contribution in [0.1, 0.15) is 12.0 Å².